The Morgan fingerprint density at radius 2 is 1.96 bits per heavy atom. The van der Waals surface area contributed by atoms with Crippen molar-refractivity contribution in [3.05, 3.63) is 33.1 Å². The van der Waals surface area contributed by atoms with Crippen molar-refractivity contribution in [2.45, 2.75) is 51.9 Å². The summed E-state index contributed by atoms with van der Waals surface area (Å²) < 4.78 is 12.2. The first-order chi connectivity index (χ1) is 11.3. The minimum absolute atomic E-state index is 0.0371. The molecule has 0 atom stereocenters. The minimum Gasteiger partial charge on any atom is -0.490 e. The van der Waals surface area contributed by atoms with Gasteiger partial charge in [-0.15, -0.1) is 0 Å². The fourth-order valence-electron chi connectivity index (χ4n) is 2.53. The van der Waals surface area contributed by atoms with Crippen LogP contribution in [-0.4, -0.2) is 35.8 Å². The third kappa shape index (κ3) is 5.78. The maximum Gasteiger partial charge on any atom is 0.410 e. The highest BCUT2D eigenvalue weighted by molar-refractivity contribution is 9.10. The Morgan fingerprint density at radius 1 is 1.29 bits per heavy atom. The largest absolute Gasteiger partial charge is 0.490 e. The maximum atomic E-state index is 12.1. The second-order valence-corrected chi connectivity index (χ2v) is 7.78. The van der Waals surface area contributed by atoms with E-state index in [-0.39, 0.29) is 18.7 Å². The first kappa shape index (κ1) is 18.7. The van der Waals surface area contributed by atoms with Gasteiger partial charge < -0.3 is 14.4 Å². The number of carbonyl (C=O) groups is 1. The quantitative estimate of drug-likeness (QED) is 0.700. The summed E-state index contributed by atoms with van der Waals surface area (Å²) >= 11 is 3.41. The number of rotatable bonds is 4. The highest BCUT2D eigenvalue weighted by Gasteiger charge is 2.27. The normalized spacial score (nSPS) is 15.9. The Morgan fingerprint density at radius 3 is 2.54 bits per heavy atom. The van der Waals surface area contributed by atoms with Crippen LogP contribution in [0.15, 0.2) is 27.8 Å². The lowest BCUT2D eigenvalue weighted by Crippen LogP contribution is -2.44. The molecule has 1 aromatic rings. The Labute approximate surface area is 150 Å². The second-order valence-electron chi connectivity index (χ2n) is 6.87. The molecule has 0 aromatic heterocycles. The van der Waals surface area contributed by atoms with Crippen molar-refractivity contribution >= 4 is 22.0 Å². The van der Waals surface area contributed by atoms with E-state index in [1.54, 1.807) is 4.90 Å². The van der Waals surface area contributed by atoms with Crippen LogP contribution in [0.4, 0.5) is 4.79 Å². The average molecular weight is 399 g/mol. The number of ether oxygens (including phenoxy) is 2. The van der Waals surface area contributed by atoms with E-state index in [9.17, 15) is 9.70 Å². The van der Waals surface area contributed by atoms with Crippen LogP contribution in [0.3, 0.4) is 0 Å². The van der Waals surface area contributed by atoms with Crippen LogP contribution in [0.2, 0.25) is 0 Å². The van der Waals surface area contributed by atoms with Gasteiger partial charge in [-0.25, -0.2) is 4.79 Å². The molecule has 0 radical (unpaired) electrons. The molecule has 1 amide bonds. The van der Waals surface area contributed by atoms with E-state index >= 15 is 0 Å². The Kier molecular flexibility index (Phi) is 6.21. The van der Waals surface area contributed by atoms with E-state index in [4.69, 9.17) is 9.47 Å². The van der Waals surface area contributed by atoms with Gasteiger partial charge in [0.1, 0.15) is 24.0 Å². The third-order valence-corrected chi connectivity index (χ3v) is 4.03. The number of amides is 1. The molecule has 1 fully saturated rings. The van der Waals surface area contributed by atoms with Crippen molar-refractivity contribution in [2.75, 3.05) is 13.1 Å². The number of nitrogens with zero attached hydrogens (tertiary/aromatic N) is 2. The molecule has 1 aliphatic heterocycles. The summed E-state index contributed by atoms with van der Waals surface area (Å²) in [5.41, 5.74) is 0.324. The molecule has 6 nitrogen and oxygen atoms in total. The van der Waals surface area contributed by atoms with E-state index in [0.717, 1.165) is 22.9 Å². The maximum absolute atomic E-state index is 12.1. The van der Waals surface area contributed by atoms with Crippen molar-refractivity contribution in [2.24, 2.45) is 5.18 Å². The van der Waals surface area contributed by atoms with Crippen LogP contribution in [0.5, 0.6) is 5.75 Å². The van der Waals surface area contributed by atoms with Gasteiger partial charge in [0.25, 0.3) is 0 Å². The van der Waals surface area contributed by atoms with Crippen LogP contribution in [0, 0.1) is 4.91 Å². The number of hydrogen-bond acceptors (Lipinski definition) is 5. The summed E-state index contributed by atoms with van der Waals surface area (Å²) in [5, 5.41) is 2.91. The van der Waals surface area contributed by atoms with E-state index in [0.29, 0.717) is 18.8 Å². The van der Waals surface area contributed by atoms with Gasteiger partial charge in [0.15, 0.2) is 0 Å². The van der Waals surface area contributed by atoms with Gasteiger partial charge in [-0.2, -0.15) is 4.91 Å². The molecule has 7 heteroatoms. The van der Waals surface area contributed by atoms with E-state index < -0.39 is 5.60 Å². The molecule has 1 aliphatic rings. The molecule has 24 heavy (non-hydrogen) atoms. The Hall–Kier alpha value is -1.63. The zero-order valence-electron chi connectivity index (χ0n) is 14.3. The number of halogens is 1. The van der Waals surface area contributed by atoms with Crippen LogP contribution >= 0.6 is 15.9 Å². The summed E-state index contributed by atoms with van der Waals surface area (Å²) in [6.45, 7) is 6.92. The molecule has 0 aliphatic carbocycles. The second kappa shape index (κ2) is 7.96. The van der Waals surface area contributed by atoms with Crippen LogP contribution in [0.25, 0.3) is 0 Å². The van der Waals surface area contributed by atoms with Crippen LogP contribution < -0.4 is 4.74 Å². The summed E-state index contributed by atoms with van der Waals surface area (Å²) in [4.78, 5) is 24.2. The van der Waals surface area contributed by atoms with Crippen molar-refractivity contribution < 1.29 is 14.3 Å². The highest BCUT2D eigenvalue weighted by atomic mass is 79.9. The number of nitroso groups, excluding NO2 is 1. The fourth-order valence-corrected chi connectivity index (χ4v) is 3.05. The number of hydrogen-bond donors (Lipinski definition) is 0. The summed E-state index contributed by atoms with van der Waals surface area (Å²) in [5.74, 6) is 0.707. The van der Waals surface area contributed by atoms with Crippen molar-refractivity contribution in [3.63, 3.8) is 0 Å². The van der Waals surface area contributed by atoms with Gasteiger partial charge in [-0.3, -0.25) is 0 Å². The first-order valence-corrected chi connectivity index (χ1v) is 8.79. The standard InChI is InChI=1S/C17H23BrN2O4/c1-17(2,3)24-16(21)20-6-4-14(5-7-20)23-15-9-12(11-19-22)8-13(18)10-15/h8-10,14H,4-7,11H2,1-3H3. The molecule has 132 valence electrons. The Bertz CT molecular complexity index is 593. The topological polar surface area (TPSA) is 68.2 Å². The number of likely N-dealkylation sites (tertiary alicyclic amines) is 1. The molecular formula is C17H23BrN2O4. The predicted octanol–water partition coefficient (Wildman–Crippen LogP) is 4.49. The molecule has 0 saturated carbocycles. The summed E-state index contributed by atoms with van der Waals surface area (Å²) in [7, 11) is 0. The lowest BCUT2D eigenvalue weighted by molar-refractivity contribution is 0.0126. The average Bonchev–Trinajstić information content (AvgIpc) is 2.46. The van der Waals surface area contributed by atoms with Gasteiger partial charge in [-0.1, -0.05) is 21.1 Å². The molecule has 0 unspecified atom stereocenters. The van der Waals surface area contributed by atoms with E-state index in [2.05, 4.69) is 21.1 Å². The lowest BCUT2D eigenvalue weighted by Gasteiger charge is -2.33. The number of carbonyl (C=O) groups excluding carboxylic acids is 1. The highest BCUT2D eigenvalue weighted by Crippen LogP contribution is 2.25. The van der Waals surface area contributed by atoms with Crippen molar-refractivity contribution in [3.8, 4) is 5.75 Å². The fraction of sp³-hybridized carbons (Fsp3) is 0.588. The first-order valence-electron chi connectivity index (χ1n) is 8.00. The van der Waals surface area contributed by atoms with Crippen LogP contribution in [-0.2, 0) is 11.3 Å². The van der Waals surface area contributed by atoms with Crippen molar-refractivity contribution in [1.29, 1.82) is 0 Å². The molecule has 2 rings (SSSR count). The minimum atomic E-state index is -0.482. The van der Waals surface area contributed by atoms with E-state index in [1.807, 2.05) is 39.0 Å². The molecule has 1 heterocycles. The Balaban J connectivity index is 1.89. The van der Waals surface area contributed by atoms with Crippen LogP contribution in [0.1, 0.15) is 39.2 Å². The molecule has 0 spiro atoms. The SMILES string of the molecule is CC(C)(C)OC(=O)N1CCC(Oc2cc(Br)cc(CN=O)c2)CC1. The molecule has 1 aromatic carbocycles. The van der Waals surface area contributed by atoms with Crippen molar-refractivity contribution in [1.82, 2.24) is 4.90 Å². The smallest absolute Gasteiger partial charge is 0.410 e. The van der Waals surface area contributed by atoms with Gasteiger partial charge in [0.05, 0.1) is 0 Å². The predicted molar refractivity (Wildman–Crippen MR) is 95.1 cm³/mol. The third-order valence-electron chi connectivity index (χ3n) is 3.57. The molecule has 1 saturated heterocycles. The van der Waals surface area contributed by atoms with Gasteiger partial charge in [0.2, 0.25) is 0 Å². The number of benzene rings is 1. The van der Waals surface area contributed by atoms with Gasteiger partial charge >= 0.3 is 6.09 Å². The molecule has 0 N–H and O–H groups in total. The van der Waals surface area contributed by atoms with Gasteiger partial charge in [0, 0.05) is 30.4 Å². The summed E-state index contributed by atoms with van der Waals surface area (Å²) in [6.07, 6.45) is 1.25. The zero-order chi connectivity index (χ0) is 17.7. The summed E-state index contributed by atoms with van der Waals surface area (Å²) in [6, 6.07) is 5.54. The number of piperidine rings is 1. The monoisotopic (exact) mass is 398 g/mol. The lowest BCUT2D eigenvalue weighted by atomic mass is 10.1. The zero-order valence-corrected chi connectivity index (χ0v) is 15.8. The van der Waals surface area contributed by atoms with E-state index in [1.165, 1.54) is 0 Å². The molecular weight excluding hydrogens is 376 g/mol. The van der Waals surface area contributed by atoms with Gasteiger partial charge in [-0.05, 0) is 44.5 Å². The molecule has 0 bridgehead atoms.